The SMILES string of the molecule is COC(=O)NCc1nc(C)cn2cc(C)nc12. The van der Waals surface area contributed by atoms with E-state index in [9.17, 15) is 4.79 Å². The molecule has 0 fully saturated rings. The second-order valence-corrected chi connectivity index (χ2v) is 3.79. The van der Waals surface area contributed by atoms with Crippen LogP contribution in [0.1, 0.15) is 17.1 Å². The molecule has 2 aromatic heterocycles. The second-order valence-electron chi connectivity index (χ2n) is 3.79. The normalized spacial score (nSPS) is 10.5. The number of hydrogen-bond donors (Lipinski definition) is 1. The molecule has 0 atom stereocenters. The number of aryl methyl sites for hydroxylation is 2. The standard InChI is InChI=1S/C11H14N4O2/c1-7-5-15-6-8(2)14-10(15)9(13-7)4-12-11(16)17-3/h5-6H,4H2,1-3H3,(H,12,16). The van der Waals surface area contributed by atoms with Gasteiger partial charge in [-0.3, -0.25) is 4.98 Å². The molecule has 0 aliphatic heterocycles. The zero-order valence-electron chi connectivity index (χ0n) is 10.0. The highest BCUT2D eigenvalue weighted by Gasteiger charge is 2.08. The number of imidazole rings is 1. The number of fused-ring (bicyclic) bond motifs is 1. The van der Waals surface area contributed by atoms with E-state index in [-0.39, 0.29) is 0 Å². The van der Waals surface area contributed by atoms with Gasteiger partial charge >= 0.3 is 6.09 Å². The molecule has 0 aliphatic carbocycles. The summed E-state index contributed by atoms with van der Waals surface area (Å²) in [5.74, 6) is 0. The van der Waals surface area contributed by atoms with Crippen LogP contribution in [0.2, 0.25) is 0 Å². The van der Waals surface area contributed by atoms with E-state index in [1.807, 2.05) is 30.6 Å². The van der Waals surface area contributed by atoms with Crippen molar-refractivity contribution in [3.05, 3.63) is 29.5 Å². The van der Waals surface area contributed by atoms with Crippen LogP contribution >= 0.6 is 0 Å². The minimum absolute atomic E-state index is 0.300. The van der Waals surface area contributed by atoms with Crippen LogP contribution < -0.4 is 5.32 Å². The van der Waals surface area contributed by atoms with Gasteiger partial charge in [0, 0.05) is 12.4 Å². The maximum atomic E-state index is 11.0. The number of methoxy groups -OCH3 is 1. The van der Waals surface area contributed by atoms with Gasteiger partial charge in [-0.1, -0.05) is 0 Å². The van der Waals surface area contributed by atoms with Gasteiger partial charge in [-0.15, -0.1) is 0 Å². The molecule has 17 heavy (non-hydrogen) atoms. The Morgan fingerprint density at radius 2 is 2.00 bits per heavy atom. The third-order valence-electron chi connectivity index (χ3n) is 2.33. The first-order valence-corrected chi connectivity index (χ1v) is 5.24. The van der Waals surface area contributed by atoms with Crippen LogP contribution in [0.3, 0.4) is 0 Å². The summed E-state index contributed by atoms with van der Waals surface area (Å²) in [6, 6.07) is 0. The fourth-order valence-electron chi connectivity index (χ4n) is 1.67. The Kier molecular flexibility index (Phi) is 2.95. The van der Waals surface area contributed by atoms with Gasteiger partial charge in [0.15, 0.2) is 5.65 Å². The van der Waals surface area contributed by atoms with Crippen molar-refractivity contribution in [2.75, 3.05) is 7.11 Å². The molecule has 6 nitrogen and oxygen atoms in total. The minimum Gasteiger partial charge on any atom is -0.453 e. The van der Waals surface area contributed by atoms with Crippen molar-refractivity contribution in [3.63, 3.8) is 0 Å². The number of nitrogens with zero attached hydrogens (tertiary/aromatic N) is 3. The van der Waals surface area contributed by atoms with E-state index in [2.05, 4.69) is 20.0 Å². The molecule has 1 amide bonds. The highest BCUT2D eigenvalue weighted by Crippen LogP contribution is 2.10. The Bertz CT molecular complexity index is 562. The van der Waals surface area contributed by atoms with E-state index in [1.165, 1.54) is 7.11 Å². The number of nitrogens with one attached hydrogen (secondary N) is 1. The Morgan fingerprint density at radius 3 is 2.65 bits per heavy atom. The predicted molar refractivity (Wildman–Crippen MR) is 61.7 cm³/mol. The number of rotatable bonds is 2. The van der Waals surface area contributed by atoms with Crippen molar-refractivity contribution in [3.8, 4) is 0 Å². The van der Waals surface area contributed by atoms with Crippen LogP contribution in [0.25, 0.3) is 5.65 Å². The summed E-state index contributed by atoms with van der Waals surface area (Å²) in [5, 5.41) is 2.60. The highest BCUT2D eigenvalue weighted by atomic mass is 16.5. The molecule has 0 bridgehead atoms. The lowest BCUT2D eigenvalue weighted by atomic mass is 10.4. The first kappa shape index (κ1) is 11.4. The third-order valence-corrected chi connectivity index (χ3v) is 2.33. The first-order chi connectivity index (χ1) is 8.10. The Hall–Kier alpha value is -2.11. The molecule has 1 N–H and O–H groups in total. The van der Waals surface area contributed by atoms with Gasteiger partial charge < -0.3 is 14.5 Å². The van der Waals surface area contributed by atoms with Gasteiger partial charge in [0.2, 0.25) is 0 Å². The van der Waals surface area contributed by atoms with Crippen molar-refractivity contribution < 1.29 is 9.53 Å². The van der Waals surface area contributed by atoms with Gasteiger partial charge in [-0.25, -0.2) is 9.78 Å². The molecular weight excluding hydrogens is 220 g/mol. The van der Waals surface area contributed by atoms with E-state index in [4.69, 9.17) is 0 Å². The molecule has 2 aromatic rings. The molecular formula is C11H14N4O2. The number of hydrogen-bond acceptors (Lipinski definition) is 4. The highest BCUT2D eigenvalue weighted by molar-refractivity contribution is 5.67. The summed E-state index contributed by atoms with van der Waals surface area (Å²) in [4.78, 5) is 19.8. The number of carbonyl (C=O) groups is 1. The predicted octanol–water partition coefficient (Wildman–Crippen LogP) is 1.20. The van der Waals surface area contributed by atoms with Crippen molar-refractivity contribution in [1.82, 2.24) is 19.7 Å². The minimum atomic E-state index is -0.477. The number of ether oxygens (including phenoxy) is 1. The average Bonchev–Trinajstić information content (AvgIpc) is 2.65. The molecule has 0 radical (unpaired) electrons. The van der Waals surface area contributed by atoms with Gasteiger partial charge in [0.25, 0.3) is 0 Å². The zero-order valence-corrected chi connectivity index (χ0v) is 10.0. The van der Waals surface area contributed by atoms with Crippen LogP contribution in [0, 0.1) is 13.8 Å². The van der Waals surface area contributed by atoms with Gasteiger partial charge in [-0.05, 0) is 13.8 Å². The van der Waals surface area contributed by atoms with Crippen LogP contribution in [-0.2, 0) is 11.3 Å². The number of amides is 1. The average molecular weight is 234 g/mol. The lowest BCUT2D eigenvalue weighted by Crippen LogP contribution is -2.23. The maximum Gasteiger partial charge on any atom is 0.407 e. The monoisotopic (exact) mass is 234 g/mol. The molecule has 0 aromatic carbocycles. The Morgan fingerprint density at radius 1 is 1.35 bits per heavy atom. The van der Waals surface area contributed by atoms with E-state index < -0.39 is 6.09 Å². The molecule has 0 saturated carbocycles. The maximum absolute atomic E-state index is 11.0. The van der Waals surface area contributed by atoms with E-state index >= 15 is 0 Å². The van der Waals surface area contributed by atoms with Gasteiger partial charge in [0.05, 0.1) is 25.0 Å². The molecule has 2 heterocycles. The van der Waals surface area contributed by atoms with Crippen molar-refractivity contribution in [1.29, 1.82) is 0 Å². The first-order valence-electron chi connectivity index (χ1n) is 5.24. The number of carbonyl (C=O) groups excluding carboxylic acids is 1. The lowest BCUT2D eigenvalue weighted by Gasteiger charge is -2.05. The topological polar surface area (TPSA) is 68.5 Å². The van der Waals surface area contributed by atoms with Crippen LogP contribution in [-0.4, -0.2) is 27.6 Å². The molecule has 0 spiro atoms. The Labute approximate surface area is 98.6 Å². The summed E-state index contributed by atoms with van der Waals surface area (Å²) >= 11 is 0. The lowest BCUT2D eigenvalue weighted by molar-refractivity contribution is 0.170. The molecule has 2 rings (SSSR count). The number of aromatic nitrogens is 3. The zero-order chi connectivity index (χ0) is 12.4. The summed E-state index contributed by atoms with van der Waals surface area (Å²) in [6.45, 7) is 4.12. The fourth-order valence-corrected chi connectivity index (χ4v) is 1.67. The van der Waals surface area contributed by atoms with Crippen LogP contribution in [0.15, 0.2) is 12.4 Å². The summed E-state index contributed by atoms with van der Waals surface area (Å²) in [6.07, 6.45) is 3.34. The largest absolute Gasteiger partial charge is 0.453 e. The molecule has 0 saturated heterocycles. The molecule has 90 valence electrons. The van der Waals surface area contributed by atoms with Crippen molar-refractivity contribution in [2.45, 2.75) is 20.4 Å². The molecule has 6 heteroatoms. The van der Waals surface area contributed by atoms with E-state index in [1.54, 1.807) is 0 Å². The fraction of sp³-hybridized carbons (Fsp3) is 0.364. The number of alkyl carbamates (subject to hydrolysis) is 1. The molecule has 0 unspecified atom stereocenters. The summed E-state index contributed by atoms with van der Waals surface area (Å²) in [5.41, 5.74) is 3.27. The van der Waals surface area contributed by atoms with Gasteiger partial charge in [-0.2, -0.15) is 0 Å². The summed E-state index contributed by atoms with van der Waals surface area (Å²) < 4.78 is 6.42. The van der Waals surface area contributed by atoms with Gasteiger partial charge in [0.1, 0.15) is 5.69 Å². The van der Waals surface area contributed by atoms with Crippen LogP contribution in [0.4, 0.5) is 4.79 Å². The smallest absolute Gasteiger partial charge is 0.407 e. The second kappa shape index (κ2) is 4.40. The molecule has 0 aliphatic rings. The van der Waals surface area contributed by atoms with Crippen molar-refractivity contribution in [2.24, 2.45) is 0 Å². The third kappa shape index (κ3) is 2.35. The van der Waals surface area contributed by atoms with Crippen molar-refractivity contribution >= 4 is 11.7 Å². The van der Waals surface area contributed by atoms with E-state index in [0.29, 0.717) is 6.54 Å². The summed E-state index contributed by atoms with van der Waals surface area (Å²) in [7, 11) is 1.33. The van der Waals surface area contributed by atoms with E-state index in [0.717, 1.165) is 22.7 Å². The quantitative estimate of drug-likeness (QED) is 0.847. The van der Waals surface area contributed by atoms with Crippen LogP contribution in [0.5, 0.6) is 0 Å². The Balaban J connectivity index is 2.34.